The summed E-state index contributed by atoms with van der Waals surface area (Å²) in [7, 11) is 1.54. The zero-order valence-electron chi connectivity index (χ0n) is 7.16. The van der Waals surface area contributed by atoms with Gasteiger partial charge in [-0.05, 0) is 18.2 Å². The number of halogens is 1. The van der Waals surface area contributed by atoms with Crippen LogP contribution in [0.2, 0.25) is 5.02 Å². The third kappa shape index (κ3) is 2.33. The molecule has 0 atom stereocenters. The molecule has 0 fully saturated rings. The van der Waals surface area contributed by atoms with Crippen molar-refractivity contribution in [3.63, 3.8) is 0 Å². The number of carbonyl (C=O) groups is 1. The number of benzene rings is 1. The second kappa shape index (κ2) is 4.67. The standard InChI is InChI=1S/C10H9ClO2/c1-13-10-8(5-3-7-12)4-2-6-9(10)11/h2-7H,1H3. The molecule has 1 aromatic carbocycles. The largest absolute Gasteiger partial charge is 0.495 e. The van der Waals surface area contributed by atoms with Gasteiger partial charge in [-0.3, -0.25) is 4.79 Å². The summed E-state index contributed by atoms with van der Waals surface area (Å²) in [5, 5.41) is 0.538. The Labute approximate surface area is 81.8 Å². The molecule has 0 amide bonds. The maximum Gasteiger partial charge on any atom is 0.144 e. The normalized spacial score (nSPS) is 10.3. The van der Waals surface area contributed by atoms with E-state index in [0.29, 0.717) is 17.1 Å². The fraction of sp³-hybridized carbons (Fsp3) is 0.100. The average molecular weight is 197 g/mol. The number of aldehydes is 1. The lowest BCUT2D eigenvalue weighted by molar-refractivity contribution is -0.104. The second-order valence-corrected chi connectivity index (χ2v) is 2.76. The van der Waals surface area contributed by atoms with Crippen LogP contribution < -0.4 is 4.74 Å². The highest BCUT2D eigenvalue weighted by atomic mass is 35.5. The molecule has 0 aliphatic carbocycles. The van der Waals surface area contributed by atoms with Crippen LogP contribution in [0.4, 0.5) is 0 Å². The third-order valence-corrected chi connectivity index (χ3v) is 1.85. The van der Waals surface area contributed by atoms with E-state index in [2.05, 4.69) is 0 Å². The van der Waals surface area contributed by atoms with E-state index in [4.69, 9.17) is 16.3 Å². The van der Waals surface area contributed by atoms with E-state index in [1.807, 2.05) is 6.07 Å². The number of hydrogen-bond acceptors (Lipinski definition) is 2. The van der Waals surface area contributed by atoms with Crippen molar-refractivity contribution in [1.29, 1.82) is 0 Å². The Morgan fingerprint density at radius 3 is 2.85 bits per heavy atom. The molecule has 3 heteroatoms. The van der Waals surface area contributed by atoms with Crippen LogP contribution in [0.1, 0.15) is 5.56 Å². The van der Waals surface area contributed by atoms with Gasteiger partial charge in [-0.25, -0.2) is 0 Å². The van der Waals surface area contributed by atoms with Gasteiger partial charge in [-0.1, -0.05) is 23.7 Å². The number of carbonyl (C=O) groups excluding carboxylic acids is 1. The molecule has 0 saturated carbocycles. The molecule has 0 unspecified atom stereocenters. The summed E-state index contributed by atoms with van der Waals surface area (Å²) < 4.78 is 5.07. The van der Waals surface area contributed by atoms with Gasteiger partial charge >= 0.3 is 0 Å². The Balaban J connectivity index is 3.12. The lowest BCUT2D eigenvalue weighted by atomic mass is 10.2. The van der Waals surface area contributed by atoms with Crippen LogP contribution in [0, 0.1) is 0 Å². The zero-order chi connectivity index (χ0) is 9.68. The number of rotatable bonds is 3. The molecule has 0 aromatic heterocycles. The predicted octanol–water partition coefficient (Wildman–Crippen LogP) is 2.56. The third-order valence-electron chi connectivity index (χ3n) is 1.56. The average Bonchev–Trinajstić information content (AvgIpc) is 2.15. The van der Waals surface area contributed by atoms with Crippen LogP contribution in [-0.2, 0) is 4.79 Å². The molecule has 68 valence electrons. The highest BCUT2D eigenvalue weighted by Crippen LogP contribution is 2.28. The molecule has 13 heavy (non-hydrogen) atoms. The molecular weight excluding hydrogens is 188 g/mol. The van der Waals surface area contributed by atoms with Crippen LogP contribution in [0.25, 0.3) is 6.08 Å². The van der Waals surface area contributed by atoms with Crippen molar-refractivity contribution < 1.29 is 9.53 Å². The van der Waals surface area contributed by atoms with Crippen LogP contribution in [0.5, 0.6) is 5.75 Å². The number of para-hydroxylation sites is 1. The topological polar surface area (TPSA) is 26.3 Å². The molecule has 0 radical (unpaired) electrons. The maximum atomic E-state index is 10.1. The van der Waals surface area contributed by atoms with E-state index in [1.165, 1.54) is 6.08 Å². The Hall–Kier alpha value is -1.28. The molecule has 1 rings (SSSR count). The summed E-state index contributed by atoms with van der Waals surface area (Å²) in [6, 6.07) is 5.36. The van der Waals surface area contributed by atoms with E-state index < -0.39 is 0 Å². The smallest absolute Gasteiger partial charge is 0.144 e. The molecule has 0 bridgehead atoms. The van der Waals surface area contributed by atoms with Crippen LogP contribution in [0.3, 0.4) is 0 Å². The quantitative estimate of drug-likeness (QED) is 0.549. The number of hydrogen-bond donors (Lipinski definition) is 0. The summed E-state index contributed by atoms with van der Waals surface area (Å²) in [5.74, 6) is 0.585. The van der Waals surface area contributed by atoms with Crippen LogP contribution in [0.15, 0.2) is 24.3 Å². The Kier molecular flexibility index (Phi) is 3.53. The summed E-state index contributed by atoms with van der Waals surface area (Å²) in [6.45, 7) is 0. The van der Waals surface area contributed by atoms with Gasteiger partial charge in [-0.2, -0.15) is 0 Å². The Morgan fingerprint density at radius 2 is 2.23 bits per heavy atom. The first-order valence-corrected chi connectivity index (χ1v) is 4.11. The number of ether oxygens (including phenoxy) is 1. The van der Waals surface area contributed by atoms with Gasteiger partial charge in [-0.15, -0.1) is 0 Å². The highest BCUT2D eigenvalue weighted by Gasteiger charge is 2.03. The molecule has 0 spiro atoms. The SMILES string of the molecule is COc1c(Cl)cccc1C=CC=O. The van der Waals surface area contributed by atoms with E-state index in [0.717, 1.165) is 5.56 Å². The zero-order valence-corrected chi connectivity index (χ0v) is 7.91. The summed E-state index contributed by atoms with van der Waals surface area (Å²) in [6.07, 6.45) is 3.76. The van der Waals surface area contributed by atoms with E-state index in [-0.39, 0.29) is 0 Å². The predicted molar refractivity (Wildman–Crippen MR) is 53.1 cm³/mol. The molecule has 0 aliphatic rings. The first-order chi connectivity index (χ1) is 6.29. The first-order valence-electron chi connectivity index (χ1n) is 3.74. The van der Waals surface area contributed by atoms with E-state index >= 15 is 0 Å². The second-order valence-electron chi connectivity index (χ2n) is 2.36. The first kappa shape index (κ1) is 9.81. The van der Waals surface area contributed by atoms with Crippen molar-refractivity contribution in [2.24, 2.45) is 0 Å². The molecule has 0 N–H and O–H groups in total. The summed E-state index contributed by atoms with van der Waals surface area (Å²) in [5.41, 5.74) is 0.794. The molecule has 0 aliphatic heterocycles. The van der Waals surface area contributed by atoms with Crippen molar-refractivity contribution in [3.05, 3.63) is 34.9 Å². The lowest BCUT2D eigenvalue weighted by Gasteiger charge is -2.05. The summed E-state index contributed by atoms with van der Waals surface area (Å²) in [4.78, 5) is 10.1. The molecule has 0 saturated heterocycles. The Morgan fingerprint density at radius 1 is 1.46 bits per heavy atom. The maximum absolute atomic E-state index is 10.1. The van der Waals surface area contributed by atoms with E-state index in [1.54, 1.807) is 25.3 Å². The van der Waals surface area contributed by atoms with Gasteiger partial charge in [0.05, 0.1) is 12.1 Å². The van der Waals surface area contributed by atoms with Gasteiger partial charge in [0, 0.05) is 5.56 Å². The van der Waals surface area contributed by atoms with Crippen molar-refractivity contribution in [1.82, 2.24) is 0 Å². The van der Waals surface area contributed by atoms with E-state index in [9.17, 15) is 4.79 Å². The Bertz CT molecular complexity index is 332. The van der Waals surface area contributed by atoms with Crippen LogP contribution in [-0.4, -0.2) is 13.4 Å². The van der Waals surface area contributed by atoms with Gasteiger partial charge in [0.2, 0.25) is 0 Å². The fourth-order valence-corrected chi connectivity index (χ4v) is 1.27. The van der Waals surface area contributed by atoms with Crippen molar-refractivity contribution in [3.8, 4) is 5.75 Å². The van der Waals surface area contributed by atoms with Gasteiger partial charge in [0.25, 0.3) is 0 Å². The molecule has 1 aromatic rings. The summed E-state index contributed by atoms with van der Waals surface area (Å²) >= 11 is 5.86. The van der Waals surface area contributed by atoms with Gasteiger partial charge < -0.3 is 4.74 Å². The number of methoxy groups -OCH3 is 1. The minimum atomic E-state index is 0.538. The van der Waals surface area contributed by atoms with Crippen LogP contribution >= 0.6 is 11.6 Å². The van der Waals surface area contributed by atoms with Crippen molar-refractivity contribution in [2.75, 3.05) is 7.11 Å². The lowest BCUT2D eigenvalue weighted by Crippen LogP contribution is -1.87. The highest BCUT2D eigenvalue weighted by molar-refractivity contribution is 6.32. The monoisotopic (exact) mass is 196 g/mol. The molecule has 0 heterocycles. The minimum absolute atomic E-state index is 0.538. The van der Waals surface area contributed by atoms with Gasteiger partial charge in [0.1, 0.15) is 12.0 Å². The molecular formula is C10H9ClO2. The minimum Gasteiger partial charge on any atom is -0.495 e. The van der Waals surface area contributed by atoms with Crippen molar-refractivity contribution >= 4 is 24.0 Å². The van der Waals surface area contributed by atoms with Crippen molar-refractivity contribution in [2.45, 2.75) is 0 Å². The fourth-order valence-electron chi connectivity index (χ4n) is 1.02. The van der Waals surface area contributed by atoms with Gasteiger partial charge in [0.15, 0.2) is 0 Å². The number of allylic oxidation sites excluding steroid dienone is 1. The molecule has 2 nitrogen and oxygen atoms in total.